The Morgan fingerprint density at radius 2 is 1.88 bits per heavy atom. The van der Waals surface area contributed by atoms with Crippen LogP contribution in [0.25, 0.3) is 10.6 Å². The molecule has 3 aromatic rings. The molecular formula is C17H15N3O2S2. The van der Waals surface area contributed by atoms with Gasteiger partial charge in [0.25, 0.3) is 5.91 Å². The maximum atomic E-state index is 11.9. The highest BCUT2D eigenvalue weighted by molar-refractivity contribution is 7.16. The molecule has 0 aliphatic carbocycles. The van der Waals surface area contributed by atoms with Gasteiger partial charge in [0.15, 0.2) is 5.13 Å². The molecule has 5 nitrogen and oxygen atoms in total. The lowest BCUT2D eigenvalue weighted by atomic mass is 10.2. The van der Waals surface area contributed by atoms with Crippen molar-refractivity contribution in [3.8, 4) is 10.6 Å². The van der Waals surface area contributed by atoms with E-state index in [1.807, 2.05) is 29.0 Å². The number of thiophene rings is 1. The third kappa shape index (κ3) is 4.27. The molecular weight excluding hydrogens is 342 g/mol. The highest BCUT2D eigenvalue weighted by atomic mass is 32.1. The van der Waals surface area contributed by atoms with Crippen molar-refractivity contribution >= 4 is 39.6 Å². The fraction of sp³-hybridized carbons (Fsp3) is 0.118. The topological polar surface area (TPSA) is 71.1 Å². The number of carbonyl (C=O) groups excluding carboxylic acids is 2. The highest BCUT2D eigenvalue weighted by Gasteiger charge is 2.09. The van der Waals surface area contributed by atoms with E-state index in [2.05, 4.69) is 15.6 Å². The van der Waals surface area contributed by atoms with Crippen molar-refractivity contribution < 1.29 is 9.59 Å². The molecule has 2 N–H and O–H groups in total. The van der Waals surface area contributed by atoms with E-state index in [1.54, 1.807) is 35.6 Å². The molecule has 24 heavy (non-hydrogen) atoms. The lowest BCUT2D eigenvalue weighted by Crippen LogP contribution is -2.27. The summed E-state index contributed by atoms with van der Waals surface area (Å²) in [6, 6.07) is 12.9. The van der Waals surface area contributed by atoms with Gasteiger partial charge in [0, 0.05) is 23.9 Å². The number of aromatic nitrogens is 1. The standard InChI is InChI=1S/C17H15N3O2S2/c21-15(8-9-18-16(22)12-5-2-1-3-6-12)20-17-19-13(11-24-17)14-7-4-10-23-14/h1-7,10-11H,8-9H2,(H,18,22)(H,19,20,21). The zero-order valence-electron chi connectivity index (χ0n) is 12.7. The Bertz CT molecular complexity index is 814. The number of nitrogens with one attached hydrogen (secondary N) is 2. The molecule has 7 heteroatoms. The van der Waals surface area contributed by atoms with Crippen molar-refractivity contribution in [2.45, 2.75) is 6.42 Å². The summed E-state index contributed by atoms with van der Waals surface area (Å²) in [5, 5.41) is 9.96. The Kier molecular flexibility index (Phi) is 5.35. The van der Waals surface area contributed by atoms with Gasteiger partial charge >= 0.3 is 0 Å². The van der Waals surface area contributed by atoms with Crippen LogP contribution < -0.4 is 10.6 Å². The quantitative estimate of drug-likeness (QED) is 0.708. The average molecular weight is 357 g/mol. The van der Waals surface area contributed by atoms with Crippen molar-refractivity contribution in [1.29, 1.82) is 0 Å². The Morgan fingerprint density at radius 1 is 1.04 bits per heavy atom. The molecule has 0 saturated carbocycles. The van der Waals surface area contributed by atoms with Crippen LogP contribution in [0.15, 0.2) is 53.2 Å². The lowest BCUT2D eigenvalue weighted by molar-refractivity contribution is -0.116. The van der Waals surface area contributed by atoms with Gasteiger partial charge in [0.2, 0.25) is 5.91 Å². The maximum Gasteiger partial charge on any atom is 0.251 e. The van der Waals surface area contributed by atoms with Crippen molar-refractivity contribution in [1.82, 2.24) is 10.3 Å². The van der Waals surface area contributed by atoms with Crippen LogP contribution in [0.1, 0.15) is 16.8 Å². The van der Waals surface area contributed by atoms with Crippen LogP contribution in [0, 0.1) is 0 Å². The molecule has 2 heterocycles. The van der Waals surface area contributed by atoms with E-state index in [0.717, 1.165) is 10.6 Å². The van der Waals surface area contributed by atoms with Crippen LogP contribution in [0.3, 0.4) is 0 Å². The normalized spacial score (nSPS) is 10.3. The van der Waals surface area contributed by atoms with E-state index in [9.17, 15) is 9.59 Å². The molecule has 0 aliphatic rings. The summed E-state index contributed by atoms with van der Waals surface area (Å²) in [4.78, 5) is 29.3. The monoisotopic (exact) mass is 357 g/mol. The Hall–Kier alpha value is -2.51. The molecule has 0 saturated heterocycles. The van der Waals surface area contributed by atoms with Gasteiger partial charge in [-0.2, -0.15) is 0 Å². The molecule has 0 aliphatic heterocycles. The smallest absolute Gasteiger partial charge is 0.251 e. The second kappa shape index (κ2) is 7.85. The van der Waals surface area contributed by atoms with Gasteiger partial charge < -0.3 is 10.6 Å². The summed E-state index contributed by atoms with van der Waals surface area (Å²) in [6.45, 7) is 0.280. The molecule has 0 radical (unpaired) electrons. The van der Waals surface area contributed by atoms with E-state index in [4.69, 9.17) is 0 Å². The van der Waals surface area contributed by atoms with Gasteiger partial charge in [-0.15, -0.1) is 22.7 Å². The number of anilines is 1. The van der Waals surface area contributed by atoms with E-state index in [1.165, 1.54) is 11.3 Å². The number of thiazole rings is 1. The van der Waals surface area contributed by atoms with E-state index in [0.29, 0.717) is 10.7 Å². The lowest BCUT2D eigenvalue weighted by Gasteiger charge is -2.05. The Morgan fingerprint density at radius 3 is 2.62 bits per heavy atom. The highest BCUT2D eigenvalue weighted by Crippen LogP contribution is 2.28. The predicted octanol–water partition coefficient (Wildman–Crippen LogP) is 3.63. The number of benzene rings is 1. The molecule has 2 amide bonds. The maximum absolute atomic E-state index is 11.9. The number of nitrogens with zero attached hydrogens (tertiary/aromatic N) is 1. The van der Waals surface area contributed by atoms with Crippen LogP contribution in [0.5, 0.6) is 0 Å². The molecule has 0 bridgehead atoms. The number of rotatable bonds is 6. The molecule has 1 aromatic carbocycles. The molecule has 3 rings (SSSR count). The van der Waals surface area contributed by atoms with Crippen molar-refractivity contribution in [2.75, 3.05) is 11.9 Å². The van der Waals surface area contributed by atoms with Crippen molar-refractivity contribution in [3.05, 3.63) is 58.8 Å². The minimum atomic E-state index is -0.183. The molecule has 122 valence electrons. The summed E-state index contributed by atoms with van der Waals surface area (Å²) < 4.78 is 0. The Balaban J connectivity index is 1.45. The minimum absolute atomic E-state index is 0.171. The van der Waals surface area contributed by atoms with Crippen LogP contribution in [0.4, 0.5) is 5.13 Å². The summed E-state index contributed by atoms with van der Waals surface area (Å²) in [7, 11) is 0. The number of carbonyl (C=O) groups is 2. The number of hydrogen-bond donors (Lipinski definition) is 2. The van der Waals surface area contributed by atoms with Crippen LogP contribution in [0.2, 0.25) is 0 Å². The molecule has 2 aromatic heterocycles. The largest absolute Gasteiger partial charge is 0.352 e. The Labute approximate surface area is 147 Å². The molecule has 0 unspecified atom stereocenters. The van der Waals surface area contributed by atoms with Gasteiger partial charge in [0.05, 0.1) is 10.6 Å². The summed E-state index contributed by atoms with van der Waals surface area (Å²) >= 11 is 3.00. The van der Waals surface area contributed by atoms with Crippen molar-refractivity contribution in [3.63, 3.8) is 0 Å². The van der Waals surface area contributed by atoms with E-state index >= 15 is 0 Å². The molecule has 0 spiro atoms. The first-order valence-corrected chi connectivity index (χ1v) is 9.11. The first-order chi connectivity index (χ1) is 11.7. The zero-order chi connectivity index (χ0) is 16.8. The fourth-order valence-electron chi connectivity index (χ4n) is 2.03. The van der Waals surface area contributed by atoms with E-state index < -0.39 is 0 Å². The zero-order valence-corrected chi connectivity index (χ0v) is 14.3. The first-order valence-electron chi connectivity index (χ1n) is 7.35. The SMILES string of the molecule is O=C(CCNC(=O)c1ccccc1)Nc1nc(-c2cccs2)cs1. The number of amides is 2. The van der Waals surface area contributed by atoms with Crippen LogP contribution >= 0.6 is 22.7 Å². The second-order valence-electron chi connectivity index (χ2n) is 4.94. The van der Waals surface area contributed by atoms with Gasteiger partial charge in [-0.05, 0) is 23.6 Å². The van der Waals surface area contributed by atoms with Crippen molar-refractivity contribution in [2.24, 2.45) is 0 Å². The molecule has 0 atom stereocenters. The summed E-state index contributed by atoms with van der Waals surface area (Å²) in [6.07, 6.45) is 0.201. The van der Waals surface area contributed by atoms with Gasteiger partial charge in [-0.3, -0.25) is 9.59 Å². The third-order valence-electron chi connectivity index (χ3n) is 3.20. The predicted molar refractivity (Wildman–Crippen MR) is 97.4 cm³/mol. The van der Waals surface area contributed by atoms with Crippen LogP contribution in [-0.4, -0.2) is 23.3 Å². The fourth-order valence-corrected chi connectivity index (χ4v) is 3.52. The number of hydrogen-bond acceptors (Lipinski definition) is 5. The van der Waals surface area contributed by atoms with Gasteiger partial charge in [-0.25, -0.2) is 4.98 Å². The third-order valence-corrected chi connectivity index (χ3v) is 4.85. The first kappa shape index (κ1) is 16.4. The average Bonchev–Trinajstić information content (AvgIpc) is 3.27. The minimum Gasteiger partial charge on any atom is -0.352 e. The molecule has 0 fully saturated rings. The second-order valence-corrected chi connectivity index (χ2v) is 6.74. The van der Waals surface area contributed by atoms with E-state index in [-0.39, 0.29) is 24.8 Å². The summed E-state index contributed by atoms with van der Waals surface area (Å²) in [5.74, 6) is -0.354. The van der Waals surface area contributed by atoms with Gasteiger partial charge in [0.1, 0.15) is 0 Å². The summed E-state index contributed by atoms with van der Waals surface area (Å²) in [5.41, 5.74) is 1.45. The van der Waals surface area contributed by atoms with Gasteiger partial charge in [-0.1, -0.05) is 24.3 Å². The van der Waals surface area contributed by atoms with Crippen LogP contribution in [-0.2, 0) is 4.79 Å².